The third kappa shape index (κ3) is 1.41. The summed E-state index contributed by atoms with van der Waals surface area (Å²) in [7, 11) is 0. The average molecular weight is 196 g/mol. The molecule has 0 amide bonds. The second-order valence-corrected chi connectivity index (χ2v) is 6.68. The summed E-state index contributed by atoms with van der Waals surface area (Å²) in [6.07, 6.45) is 2.93. The molecule has 0 radical (unpaired) electrons. The quantitative estimate of drug-likeness (QED) is 0.575. The molecule has 1 aliphatic rings. The zero-order chi connectivity index (χ0) is 11.2. The molecule has 14 heavy (non-hydrogen) atoms. The van der Waals surface area contributed by atoms with Gasteiger partial charge in [0.2, 0.25) is 0 Å². The van der Waals surface area contributed by atoms with Gasteiger partial charge in [-0.05, 0) is 23.7 Å². The number of ketones is 1. The highest BCUT2D eigenvalue weighted by molar-refractivity contribution is 5.88. The predicted octanol–water partition coefficient (Wildman–Crippen LogP) is 3.82. The van der Waals surface area contributed by atoms with Gasteiger partial charge in [0.25, 0.3) is 0 Å². The smallest absolute Gasteiger partial charge is 0.140 e. The Bertz CT molecular complexity index is 223. The summed E-state index contributed by atoms with van der Waals surface area (Å²) < 4.78 is 0. The van der Waals surface area contributed by atoms with Gasteiger partial charge >= 0.3 is 0 Å². The van der Waals surface area contributed by atoms with Gasteiger partial charge in [0, 0.05) is 11.8 Å². The van der Waals surface area contributed by atoms with Crippen molar-refractivity contribution in [2.45, 2.75) is 60.8 Å². The zero-order valence-electron chi connectivity index (χ0n) is 10.5. The zero-order valence-corrected chi connectivity index (χ0v) is 10.5. The Labute approximate surface area is 88.3 Å². The molecule has 1 rings (SSSR count). The highest BCUT2D eigenvalue weighted by Crippen LogP contribution is 2.58. The minimum Gasteiger partial charge on any atom is -0.299 e. The molecule has 1 nitrogen and oxygen atoms in total. The first-order valence-electron chi connectivity index (χ1n) is 5.66. The van der Waals surface area contributed by atoms with E-state index in [9.17, 15) is 4.79 Å². The highest BCUT2D eigenvalue weighted by atomic mass is 16.1. The number of hydrogen-bond acceptors (Lipinski definition) is 1. The fourth-order valence-electron chi connectivity index (χ4n) is 3.58. The van der Waals surface area contributed by atoms with E-state index in [0.29, 0.717) is 5.78 Å². The Balaban J connectivity index is 3.23. The Morgan fingerprint density at radius 1 is 1.00 bits per heavy atom. The van der Waals surface area contributed by atoms with Crippen LogP contribution in [0.2, 0.25) is 0 Å². The fourth-order valence-corrected chi connectivity index (χ4v) is 3.58. The molecule has 0 bridgehead atoms. The minimum absolute atomic E-state index is 0.0822. The van der Waals surface area contributed by atoms with Crippen LogP contribution in [0, 0.1) is 16.2 Å². The molecule has 0 aromatic carbocycles. The van der Waals surface area contributed by atoms with Gasteiger partial charge < -0.3 is 0 Å². The molecule has 82 valence electrons. The molecule has 1 heteroatoms. The average Bonchev–Trinajstić information content (AvgIpc) is 2.27. The van der Waals surface area contributed by atoms with Gasteiger partial charge in [-0.1, -0.05) is 41.5 Å². The molecule has 0 atom stereocenters. The Hall–Kier alpha value is -0.330. The molecule has 1 fully saturated rings. The van der Waals surface area contributed by atoms with Crippen molar-refractivity contribution in [3.63, 3.8) is 0 Å². The lowest BCUT2D eigenvalue weighted by molar-refractivity contribution is -0.141. The lowest BCUT2D eigenvalue weighted by atomic mass is 9.53. The largest absolute Gasteiger partial charge is 0.299 e. The molecular weight excluding hydrogens is 172 g/mol. The van der Waals surface area contributed by atoms with Gasteiger partial charge in [-0.2, -0.15) is 0 Å². The van der Waals surface area contributed by atoms with Crippen LogP contribution in [0.3, 0.4) is 0 Å². The van der Waals surface area contributed by atoms with E-state index in [0.717, 1.165) is 19.3 Å². The molecule has 0 aliphatic heterocycles. The van der Waals surface area contributed by atoms with Gasteiger partial charge in [0.05, 0.1) is 0 Å². The summed E-state index contributed by atoms with van der Waals surface area (Å²) in [4.78, 5) is 12.2. The van der Waals surface area contributed by atoms with E-state index in [1.165, 1.54) is 0 Å². The highest BCUT2D eigenvalue weighted by Gasteiger charge is 2.57. The van der Waals surface area contributed by atoms with Crippen LogP contribution in [-0.2, 0) is 4.79 Å². The maximum atomic E-state index is 12.2. The first-order valence-corrected chi connectivity index (χ1v) is 5.66. The van der Waals surface area contributed by atoms with Crippen LogP contribution in [0.5, 0.6) is 0 Å². The molecule has 0 aromatic rings. The Kier molecular flexibility index (Phi) is 2.58. The standard InChI is InChI=1S/C13H24O/c1-11(2,3)13(12(4,5)6)9-7-8-10(13)14/h7-9H2,1-6H3. The second-order valence-electron chi connectivity index (χ2n) is 6.68. The van der Waals surface area contributed by atoms with Crippen molar-refractivity contribution in [3.05, 3.63) is 0 Å². The van der Waals surface area contributed by atoms with Crippen molar-refractivity contribution < 1.29 is 4.79 Å². The van der Waals surface area contributed by atoms with Crippen molar-refractivity contribution in [2.24, 2.45) is 16.2 Å². The van der Waals surface area contributed by atoms with Crippen molar-refractivity contribution in [1.29, 1.82) is 0 Å². The van der Waals surface area contributed by atoms with E-state index in [4.69, 9.17) is 0 Å². The van der Waals surface area contributed by atoms with Crippen LogP contribution in [0.1, 0.15) is 60.8 Å². The number of rotatable bonds is 0. The van der Waals surface area contributed by atoms with Crippen LogP contribution in [-0.4, -0.2) is 5.78 Å². The van der Waals surface area contributed by atoms with Gasteiger partial charge in [0.1, 0.15) is 5.78 Å². The van der Waals surface area contributed by atoms with E-state index in [2.05, 4.69) is 41.5 Å². The van der Waals surface area contributed by atoms with Crippen LogP contribution >= 0.6 is 0 Å². The Morgan fingerprint density at radius 3 is 1.57 bits per heavy atom. The van der Waals surface area contributed by atoms with Crippen molar-refractivity contribution in [2.75, 3.05) is 0 Å². The normalized spacial score (nSPS) is 22.9. The van der Waals surface area contributed by atoms with Crippen molar-refractivity contribution in [3.8, 4) is 0 Å². The minimum atomic E-state index is -0.111. The van der Waals surface area contributed by atoms with Gasteiger partial charge in [0.15, 0.2) is 0 Å². The molecule has 0 unspecified atom stereocenters. The van der Waals surface area contributed by atoms with E-state index in [1.807, 2.05) is 0 Å². The number of carbonyl (C=O) groups is 1. The first kappa shape index (κ1) is 11.7. The summed E-state index contributed by atoms with van der Waals surface area (Å²) in [5.41, 5.74) is 0.0532. The lowest BCUT2D eigenvalue weighted by Gasteiger charge is -2.50. The topological polar surface area (TPSA) is 17.1 Å². The fraction of sp³-hybridized carbons (Fsp3) is 0.923. The maximum Gasteiger partial charge on any atom is 0.140 e. The summed E-state index contributed by atoms with van der Waals surface area (Å²) in [6, 6.07) is 0. The SMILES string of the molecule is CC(C)(C)C1(C(C)(C)C)CCCC1=O. The molecule has 0 heterocycles. The van der Waals surface area contributed by atoms with E-state index < -0.39 is 0 Å². The molecule has 0 N–H and O–H groups in total. The summed E-state index contributed by atoms with van der Waals surface area (Å²) in [5, 5.41) is 0. The number of carbonyl (C=O) groups excluding carboxylic acids is 1. The second kappa shape index (κ2) is 3.08. The third-order valence-electron chi connectivity index (χ3n) is 3.99. The molecule has 1 saturated carbocycles. The molecule has 0 spiro atoms. The molecule has 1 aliphatic carbocycles. The van der Waals surface area contributed by atoms with E-state index in [1.54, 1.807) is 0 Å². The Morgan fingerprint density at radius 2 is 1.43 bits per heavy atom. The van der Waals surface area contributed by atoms with Gasteiger partial charge in [-0.3, -0.25) is 4.79 Å². The molecule has 0 aromatic heterocycles. The number of Topliss-reactive ketones (excluding diaryl/α,β-unsaturated/α-hetero) is 1. The first-order chi connectivity index (χ1) is 6.13. The monoisotopic (exact) mass is 196 g/mol. The third-order valence-corrected chi connectivity index (χ3v) is 3.99. The van der Waals surface area contributed by atoms with Crippen molar-refractivity contribution in [1.82, 2.24) is 0 Å². The molecular formula is C13H24O. The predicted molar refractivity (Wildman–Crippen MR) is 60.2 cm³/mol. The lowest BCUT2D eigenvalue weighted by Crippen LogP contribution is -2.49. The van der Waals surface area contributed by atoms with Crippen LogP contribution < -0.4 is 0 Å². The van der Waals surface area contributed by atoms with Crippen LogP contribution in [0.4, 0.5) is 0 Å². The van der Waals surface area contributed by atoms with E-state index in [-0.39, 0.29) is 16.2 Å². The summed E-state index contributed by atoms with van der Waals surface area (Å²) in [6.45, 7) is 13.3. The van der Waals surface area contributed by atoms with Gasteiger partial charge in [-0.15, -0.1) is 0 Å². The summed E-state index contributed by atoms with van der Waals surface area (Å²) in [5.74, 6) is 0.484. The van der Waals surface area contributed by atoms with Crippen LogP contribution in [0.15, 0.2) is 0 Å². The van der Waals surface area contributed by atoms with Crippen molar-refractivity contribution >= 4 is 5.78 Å². The van der Waals surface area contributed by atoms with Crippen LogP contribution in [0.25, 0.3) is 0 Å². The van der Waals surface area contributed by atoms with E-state index >= 15 is 0 Å². The molecule has 0 saturated heterocycles. The van der Waals surface area contributed by atoms with Gasteiger partial charge in [-0.25, -0.2) is 0 Å². The maximum absolute atomic E-state index is 12.2. The number of hydrogen-bond donors (Lipinski definition) is 0. The summed E-state index contributed by atoms with van der Waals surface area (Å²) >= 11 is 0.